The van der Waals surface area contributed by atoms with Crippen LogP contribution >= 0.6 is 17.0 Å². The number of nitrogens with zero attached hydrogens (tertiary/aromatic N) is 1. The fraction of sp³-hybridized carbons (Fsp3) is 0.480. The number of carbonyl (C=O) groups excluding carboxylic acids is 1. The van der Waals surface area contributed by atoms with Gasteiger partial charge in [0.1, 0.15) is 6.54 Å². The van der Waals surface area contributed by atoms with E-state index in [1.54, 1.807) is 60.7 Å². The Morgan fingerprint density at radius 1 is 0.871 bits per heavy atom. The average molecular weight is 496 g/mol. The molecule has 6 heteroatoms. The zero-order chi connectivity index (χ0) is 22.5. The molecule has 0 saturated carbocycles. The van der Waals surface area contributed by atoms with Gasteiger partial charge in [-0.25, -0.2) is 0 Å². The number of aliphatic carboxylic acids is 1. The molecule has 174 valence electrons. The standard InChI is InChI=1S/C14H12O3.C11H26NO.BrH/c15-13(16)14(17,11-7-3-1-4-8-11)12-9-5-2-6-10-12;1-4-5-6-7-8-9-12(2,3)10-11-13;/h1-10,17H,(H,15,16);13H,4-11H2,1-3H3;1H/q;+1;/p-1. The molecule has 0 saturated heterocycles. The molecule has 31 heavy (non-hydrogen) atoms. The van der Waals surface area contributed by atoms with E-state index >= 15 is 0 Å². The Kier molecular flexibility index (Phi) is 14.3. The minimum absolute atomic E-state index is 0. The zero-order valence-corrected chi connectivity index (χ0v) is 20.7. The summed E-state index contributed by atoms with van der Waals surface area (Å²) >= 11 is 0. The second-order valence-electron chi connectivity index (χ2n) is 8.25. The number of carboxylic acid groups (broad SMARTS) is 1. The summed E-state index contributed by atoms with van der Waals surface area (Å²) in [6.07, 6.45) is 6.70. The van der Waals surface area contributed by atoms with Crippen LogP contribution in [0.2, 0.25) is 0 Å². The van der Waals surface area contributed by atoms with Gasteiger partial charge in [0.25, 0.3) is 0 Å². The lowest BCUT2D eigenvalue weighted by molar-refractivity contribution is -0.890. The Morgan fingerprint density at radius 3 is 1.71 bits per heavy atom. The van der Waals surface area contributed by atoms with Crippen LogP contribution in [0, 0.1) is 0 Å². The van der Waals surface area contributed by atoms with Crippen LogP contribution < -0.4 is 5.11 Å². The van der Waals surface area contributed by atoms with Crippen LogP contribution in [0.1, 0.15) is 50.2 Å². The second-order valence-corrected chi connectivity index (χ2v) is 8.25. The second kappa shape index (κ2) is 15.1. The Labute approximate surface area is 197 Å². The summed E-state index contributed by atoms with van der Waals surface area (Å²) in [5.74, 6) is -1.53. The van der Waals surface area contributed by atoms with Crippen LogP contribution in [0.5, 0.6) is 0 Å². The van der Waals surface area contributed by atoms with Gasteiger partial charge in [0.2, 0.25) is 0 Å². The largest absolute Gasteiger partial charge is 0.546 e. The first-order chi connectivity index (χ1) is 14.3. The third-order valence-electron chi connectivity index (χ3n) is 5.25. The Bertz CT molecular complexity index is 683. The van der Waals surface area contributed by atoms with Crippen molar-refractivity contribution in [1.82, 2.24) is 0 Å². The van der Waals surface area contributed by atoms with Crippen LogP contribution in [0.4, 0.5) is 0 Å². The number of unbranched alkanes of at least 4 members (excludes halogenated alkanes) is 4. The number of quaternary nitrogens is 1. The van der Waals surface area contributed by atoms with Gasteiger partial charge in [0, 0.05) is 0 Å². The number of carbonyl (C=O) groups is 1. The van der Waals surface area contributed by atoms with Gasteiger partial charge in [0.05, 0.1) is 33.2 Å². The van der Waals surface area contributed by atoms with Crippen molar-refractivity contribution in [2.45, 2.75) is 44.6 Å². The van der Waals surface area contributed by atoms with E-state index in [4.69, 9.17) is 5.11 Å². The molecule has 0 aromatic heterocycles. The van der Waals surface area contributed by atoms with Crippen LogP contribution in [-0.4, -0.2) is 54.5 Å². The number of rotatable bonds is 11. The number of aliphatic hydroxyl groups is 2. The van der Waals surface area contributed by atoms with E-state index < -0.39 is 11.6 Å². The molecule has 0 atom stereocenters. The first-order valence-corrected chi connectivity index (χ1v) is 10.8. The summed E-state index contributed by atoms with van der Waals surface area (Å²) < 4.78 is 0.961. The topological polar surface area (TPSA) is 80.6 Å². The molecule has 2 aromatic rings. The van der Waals surface area contributed by atoms with Crippen LogP contribution in [0.25, 0.3) is 0 Å². The van der Waals surface area contributed by atoms with Gasteiger partial charge < -0.3 is 24.6 Å². The highest BCUT2D eigenvalue weighted by Crippen LogP contribution is 2.28. The van der Waals surface area contributed by atoms with Gasteiger partial charge in [-0.15, -0.1) is 17.0 Å². The highest BCUT2D eigenvalue weighted by Gasteiger charge is 2.32. The molecule has 0 radical (unpaired) electrons. The maximum Gasteiger partial charge on any atom is 0.154 e. The lowest BCUT2D eigenvalue weighted by Gasteiger charge is -2.30. The lowest BCUT2D eigenvalue weighted by atomic mass is 9.86. The molecule has 0 aliphatic heterocycles. The predicted molar refractivity (Wildman–Crippen MR) is 129 cm³/mol. The van der Waals surface area contributed by atoms with Crippen molar-refractivity contribution in [2.24, 2.45) is 0 Å². The van der Waals surface area contributed by atoms with Crippen LogP contribution in [0.3, 0.4) is 0 Å². The Hall–Kier alpha value is -1.73. The fourth-order valence-electron chi connectivity index (χ4n) is 3.29. The van der Waals surface area contributed by atoms with E-state index in [0.29, 0.717) is 6.61 Å². The molecule has 0 heterocycles. The molecule has 0 aliphatic carbocycles. The van der Waals surface area contributed by atoms with Gasteiger partial charge in [-0.1, -0.05) is 86.8 Å². The Balaban J connectivity index is 0.000000586. The molecule has 2 N–H and O–H groups in total. The maximum atomic E-state index is 11.3. The number of carboxylic acids is 1. The SMILES string of the molecule is Br.CCCCCCC[N+](C)(C)CCO.O=C([O-])C(O)(c1ccccc1)c1ccccc1. The summed E-state index contributed by atoms with van der Waals surface area (Å²) in [6, 6.07) is 16.4. The smallest absolute Gasteiger partial charge is 0.154 e. The Morgan fingerprint density at radius 2 is 1.32 bits per heavy atom. The first-order valence-electron chi connectivity index (χ1n) is 10.8. The summed E-state index contributed by atoms with van der Waals surface area (Å²) in [7, 11) is 4.38. The predicted octanol–water partition coefficient (Wildman–Crippen LogP) is 3.28. The van der Waals surface area contributed by atoms with Gasteiger partial charge in [0.15, 0.2) is 5.60 Å². The number of hydrogen-bond donors (Lipinski definition) is 2. The molecule has 0 fully saturated rings. The van der Waals surface area contributed by atoms with Crippen molar-refractivity contribution in [2.75, 3.05) is 33.8 Å². The van der Waals surface area contributed by atoms with Crippen molar-refractivity contribution in [1.29, 1.82) is 0 Å². The van der Waals surface area contributed by atoms with Crippen molar-refractivity contribution >= 4 is 23.0 Å². The lowest BCUT2D eigenvalue weighted by Crippen LogP contribution is -2.46. The van der Waals surface area contributed by atoms with E-state index in [2.05, 4.69) is 21.0 Å². The molecule has 0 unspecified atom stereocenters. The third kappa shape index (κ3) is 9.95. The maximum absolute atomic E-state index is 11.3. The minimum atomic E-state index is -2.11. The molecule has 0 bridgehead atoms. The van der Waals surface area contributed by atoms with Gasteiger partial charge in [-0.05, 0) is 24.0 Å². The van der Waals surface area contributed by atoms with Gasteiger partial charge >= 0.3 is 0 Å². The van der Waals surface area contributed by atoms with E-state index in [0.717, 1.165) is 11.0 Å². The molecule has 0 spiro atoms. The molecular formula is C25H38BrNO4. The monoisotopic (exact) mass is 495 g/mol. The number of benzene rings is 2. The van der Waals surface area contributed by atoms with Crippen LogP contribution in [-0.2, 0) is 10.4 Å². The molecular weight excluding hydrogens is 458 g/mol. The van der Waals surface area contributed by atoms with Crippen molar-refractivity contribution in [3.63, 3.8) is 0 Å². The van der Waals surface area contributed by atoms with Crippen molar-refractivity contribution in [3.8, 4) is 0 Å². The van der Waals surface area contributed by atoms with Gasteiger partial charge in [-0.2, -0.15) is 0 Å². The minimum Gasteiger partial charge on any atom is -0.546 e. The average Bonchev–Trinajstić information content (AvgIpc) is 2.74. The third-order valence-corrected chi connectivity index (χ3v) is 5.25. The number of halogens is 1. The molecule has 5 nitrogen and oxygen atoms in total. The first kappa shape index (κ1) is 29.3. The molecule has 0 aliphatic rings. The highest BCUT2D eigenvalue weighted by atomic mass is 79.9. The highest BCUT2D eigenvalue weighted by molar-refractivity contribution is 8.93. The van der Waals surface area contributed by atoms with Crippen molar-refractivity contribution < 1.29 is 24.6 Å². The normalized spacial score (nSPS) is 11.1. The quantitative estimate of drug-likeness (QED) is 0.370. The molecule has 2 aromatic carbocycles. The zero-order valence-electron chi connectivity index (χ0n) is 19.0. The summed E-state index contributed by atoms with van der Waals surface area (Å²) in [5.41, 5.74) is -1.54. The van der Waals surface area contributed by atoms with Gasteiger partial charge in [-0.3, -0.25) is 0 Å². The fourth-order valence-corrected chi connectivity index (χ4v) is 3.29. The molecule has 2 rings (SSSR count). The molecule has 0 amide bonds. The summed E-state index contributed by atoms with van der Waals surface area (Å²) in [5, 5.41) is 30.5. The number of hydrogen-bond acceptors (Lipinski definition) is 4. The van der Waals surface area contributed by atoms with E-state index in [1.807, 2.05) is 0 Å². The van der Waals surface area contributed by atoms with E-state index in [-0.39, 0.29) is 28.1 Å². The van der Waals surface area contributed by atoms with E-state index in [1.165, 1.54) is 38.6 Å². The van der Waals surface area contributed by atoms with E-state index in [9.17, 15) is 15.0 Å². The van der Waals surface area contributed by atoms with Crippen LogP contribution in [0.15, 0.2) is 60.7 Å². The summed E-state index contributed by atoms with van der Waals surface area (Å²) in [4.78, 5) is 11.3. The number of likely N-dealkylation sites (N-methyl/N-ethyl adjacent to an activating group) is 1. The summed E-state index contributed by atoms with van der Waals surface area (Å²) in [6.45, 7) is 4.63. The van der Waals surface area contributed by atoms with Crippen molar-refractivity contribution in [3.05, 3.63) is 71.8 Å². The number of aliphatic hydroxyl groups excluding tert-OH is 1.